The second-order valence-electron chi connectivity index (χ2n) is 6.79. The smallest absolute Gasteiger partial charge is 0.234 e. The normalized spacial score (nSPS) is 10.7. The molecule has 0 bridgehead atoms. The van der Waals surface area contributed by atoms with Crippen LogP contribution in [0, 0.1) is 0 Å². The SMILES string of the molecule is CCOc1ccc(NC(=O)Cc2nnc(SCC(=O)Nc3ccc(Cl)cc3Cl)n2CC)cc1. The highest BCUT2D eigenvalue weighted by molar-refractivity contribution is 7.99. The van der Waals surface area contributed by atoms with Crippen molar-refractivity contribution in [2.45, 2.75) is 32.0 Å². The van der Waals surface area contributed by atoms with Gasteiger partial charge in [-0.05, 0) is 56.3 Å². The highest BCUT2D eigenvalue weighted by Gasteiger charge is 2.16. The Kier molecular flexibility index (Phi) is 8.99. The number of amides is 2. The number of carbonyl (C=O) groups is 2. The van der Waals surface area contributed by atoms with Crippen LogP contribution < -0.4 is 15.4 Å². The molecule has 8 nitrogen and oxygen atoms in total. The molecule has 174 valence electrons. The first kappa shape index (κ1) is 24.9. The number of halogens is 2. The molecule has 2 amide bonds. The quantitative estimate of drug-likeness (QED) is 0.378. The largest absolute Gasteiger partial charge is 0.494 e. The van der Waals surface area contributed by atoms with Crippen LogP contribution in [-0.4, -0.2) is 38.9 Å². The van der Waals surface area contributed by atoms with Crippen molar-refractivity contribution in [1.29, 1.82) is 0 Å². The molecule has 3 rings (SSSR count). The standard InChI is InChI=1S/C22H23Cl2N5O3S/c1-3-29-19(12-20(30)25-15-6-8-16(9-7-15)32-4-2)27-28-22(29)33-13-21(31)26-18-10-5-14(23)11-17(18)24/h5-11H,3-4,12-13H2,1-2H3,(H,25,30)(H,26,31). The third kappa shape index (κ3) is 7.12. The Morgan fingerprint density at radius 1 is 1.03 bits per heavy atom. The van der Waals surface area contributed by atoms with Gasteiger partial charge in [-0.3, -0.25) is 9.59 Å². The third-order valence-corrected chi connectivity index (χ3v) is 5.93. The molecular formula is C22H23Cl2N5O3S. The van der Waals surface area contributed by atoms with Crippen LogP contribution in [0.3, 0.4) is 0 Å². The zero-order valence-electron chi connectivity index (χ0n) is 18.1. The van der Waals surface area contributed by atoms with Gasteiger partial charge in [-0.2, -0.15) is 0 Å². The number of ether oxygens (including phenoxy) is 1. The van der Waals surface area contributed by atoms with E-state index < -0.39 is 0 Å². The number of aromatic nitrogens is 3. The van der Waals surface area contributed by atoms with E-state index in [1.807, 2.05) is 18.4 Å². The van der Waals surface area contributed by atoms with E-state index in [4.69, 9.17) is 27.9 Å². The molecule has 11 heteroatoms. The lowest BCUT2D eigenvalue weighted by Gasteiger charge is -2.09. The second kappa shape index (κ2) is 11.9. The van der Waals surface area contributed by atoms with Crippen LogP contribution >= 0.6 is 35.0 Å². The number of anilines is 2. The number of carbonyl (C=O) groups excluding carboxylic acids is 2. The van der Waals surface area contributed by atoms with Crippen molar-refractivity contribution in [1.82, 2.24) is 14.8 Å². The van der Waals surface area contributed by atoms with Gasteiger partial charge in [0.15, 0.2) is 5.16 Å². The van der Waals surface area contributed by atoms with Crippen LogP contribution in [-0.2, 0) is 22.6 Å². The van der Waals surface area contributed by atoms with Crippen molar-refractivity contribution in [3.8, 4) is 5.75 Å². The lowest BCUT2D eigenvalue weighted by molar-refractivity contribution is -0.116. The van der Waals surface area contributed by atoms with Gasteiger partial charge in [-0.1, -0.05) is 35.0 Å². The Labute approximate surface area is 206 Å². The Hall–Kier alpha value is -2.75. The maximum Gasteiger partial charge on any atom is 0.234 e. The van der Waals surface area contributed by atoms with Crippen LogP contribution in [0.4, 0.5) is 11.4 Å². The fourth-order valence-electron chi connectivity index (χ4n) is 2.93. The lowest BCUT2D eigenvalue weighted by Crippen LogP contribution is -2.18. The van der Waals surface area contributed by atoms with Crippen molar-refractivity contribution >= 4 is 58.2 Å². The number of benzene rings is 2. The number of hydrogen-bond acceptors (Lipinski definition) is 6. The minimum Gasteiger partial charge on any atom is -0.494 e. The molecule has 33 heavy (non-hydrogen) atoms. The average molecular weight is 508 g/mol. The fraction of sp³-hybridized carbons (Fsp3) is 0.273. The molecule has 2 aromatic carbocycles. The Bertz CT molecular complexity index is 1120. The maximum atomic E-state index is 12.5. The molecule has 1 heterocycles. The molecule has 0 unspecified atom stereocenters. The second-order valence-corrected chi connectivity index (χ2v) is 8.57. The summed E-state index contributed by atoms with van der Waals surface area (Å²) < 4.78 is 7.21. The fourth-order valence-corrected chi connectivity index (χ4v) is 4.21. The number of thioether (sulfide) groups is 1. The topological polar surface area (TPSA) is 98.1 Å². The molecule has 0 saturated carbocycles. The van der Waals surface area contributed by atoms with Gasteiger partial charge in [0.25, 0.3) is 0 Å². The molecular weight excluding hydrogens is 485 g/mol. The van der Waals surface area contributed by atoms with Crippen molar-refractivity contribution in [3.63, 3.8) is 0 Å². The van der Waals surface area contributed by atoms with Gasteiger partial charge in [-0.25, -0.2) is 0 Å². The van der Waals surface area contributed by atoms with Crippen molar-refractivity contribution < 1.29 is 14.3 Å². The Morgan fingerprint density at radius 3 is 2.45 bits per heavy atom. The van der Waals surface area contributed by atoms with Crippen LogP contribution in [0.15, 0.2) is 47.6 Å². The van der Waals surface area contributed by atoms with E-state index in [1.165, 1.54) is 11.8 Å². The van der Waals surface area contributed by atoms with Gasteiger partial charge in [0.05, 0.1) is 29.5 Å². The van der Waals surface area contributed by atoms with E-state index in [1.54, 1.807) is 42.5 Å². The molecule has 0 fully saturated rings. The minimum absolute atomic E-state index is 0.0567. The summed E-state index contributed by atoms with van der Waals surface area (Å²) in [5.41, 5.74) is 1.15. The molecule has 3 aromatic rings. The molecule has 2 N–H and O–H groups in total. The third-order valence-electron chi connectivity index (χ3n) is 4.42. The van der Waals surface area contributed by atoms with E-state index in [0.29, 0.717) is 45.6 Å². The molecule has 0 radical (unpaired) electrons. The summed E-state index contributed by atoms with van der Waals surface area (Å²) in [6.45, 7) is 4.98. The van der Waals surface area contributed by atoms with E-state index in [0.717, 1.165) is 5.75 Å². The van der Waals surface area contributed by atoms with E-state index in [9.17, 15) is 9.59 Å². The zero-order chi connectivity index (χ0) is 23.8. The van der Waals surface area contributed by atoms with Crippen LogP contribution in [0.2, 0.25) is 10.0 Å². The van der Waals surface area contributed by atoms with Gasteiger partial charge >= 0.3 is 0 Å². The van der Waals surface area contributed by atoms with Crippen molar-refractivity contribution in [2.24, 2.45) is 0 Å². The summed E-state index contributed by atoms with van der Waals surface area (Å²) in [6, 6.07) is 12.0. The van der Waals surface area contributed by atoms with Crippen LogP contribution in [0.1, 0.15) is 19.7 Å². The molecule has 0 saturated heterocycles. The predicted octanol–water partition coefficient (Wildman–Crippen LogP) is 4.92. The lowest BCUT2D eigenvalue weighted by atomic mass is 10.3. The Balaban J connectivity index is 1.56. The van der Waals surface area contributed by atoms with Gasteiger partial charge in [-0.15, -0.1) is 10.2 Å². The summed E-state index contributed by atoms with van der Waals surface area (Å²) in [7, 11) is 0. The van der Waals surface area contributed by atoms with Crippen molar-refractivity contribution in [3.05, 3.63) is 58.3 Å². The first-order valence-corrected chi connectivity index (χ1v) is 12.0. The minimum atomic E-state index is -0.246. The van der Waals surface area contributed by atoms with Gasteiger partial charge in [0, 0.05) is 17.3 Å². The molecule has 0 aliphatic heterocycles. The summed E-state index contributed by atoms with van der Waals surface area (Å²) in [6.07, 6.45) is 0.0567. The number of nitrogens with one attached hydrogen (secondary N) is 2. The van der Waals surface area contributed by atoms with Crippen molar-refractivity contribution in [2.75, 3.05) is 23.0 Å². The summed E-state index contributed by atoms with van der Waals surface area (Å²) >= 11 is 13.2. The number of hydrogen-bond donors (Lipinski definition) is 2. The number of rotatable bonds is 10. The first-order chi connectivity index (χ1) is 15.9. The molecule has 0 spiro atoms. The zero-order valence-corrected chi connectivity index (χ0v) is 20.4. The molecule has 0 atom stereocenters. The number of nitrogens with zero attached hydrogens (tertiary/aromatic N) is 3. The van der Waals surface area contributed by atoms with Gasteiger partial charge < -0.3 is 19.9 Å². The molecule has 0 aliphatic rings. The summed E-state index contributed by atoms with van der Waals surface area (Å²) in [4.78, 5) is 24.8. The molecule has 0 aliphatic carbocycles. The average Bonchev–Trinajstić information content (AvgIpc) is 3.17. The van der Waals surface area contributed by atoms with E-state index in [-0.39, 0.29) is 24.0 Å². The van der Waals surface area contributed by atoms with Gasteiger partial charge in [0.1, 0.15) is 11.6 Å². The monoisotopic (exact) mass is 507 g/mol. The summed E-state index contributed by atoms with van der Waals surface area (Å²) in [5.74, 6) is 0.905. The van der Waals surface area contributed by atoms with Crippen LogP contribution in [0.5, 0.6) is 5.75 Å². The van der Waals surface area contributed by atoms with E-state index in [2.05, 4.69) is 20.8 Å². The van der Waals surface area contributed by atoms with E-state index >= 15 is 0 Å². The highest BCUT2D eigenvalue weighted by Crippen LogP contribution is 2.26. The maximum absolute atomic E-state index is 12.5. The first-order valence-electron chi connectivity index (χ1n) is 10.2. The molecule has 1 aromatic heterocycles. The Morgan fingerprint density at radius 2 is 1.79 bits per heavy atom. The summed E-state index contributed by atoms with van der Waals surface area (Å²) in [5, 5.41) is 15.3. The highest BCUT2D eigenvalue weighted by atomic mass is 35.5. The van der Waals surface area contributed by atoms with Gasteiger partial charge in [0.2, 0.25) is 11.8 Å². The predicted molar refractivity (Wildman–Crippen MR) is 131 cm³/mol. The van der Waals surface area contributed by atoms with Crippen LogP contribution in [0.25, 0.3) is 0 Å².